The molecule has 0 atom stereocenters. The topological polar surface area (TPSA) is 34.1 Å². The molecule has 2 heterocycles. The third-order valence-electron chi connectivity index (χ3n) is 3.02. The van der Waals surface area contributed by atoms with E-state index >= 15 is 0 Å². The number of pyridine rings is 1. The fourth-order valence-electron chi connectivity index (χ4n) is 2.14. The van der Waals surface area contributed by atoms with Crippen molar-refractivity contribution in [2.24, 2.45) is 0 Å². The van der Waals surface area contributed by atoms with Crippen LogP contribution < -0.4 is 10.1 Å². The molecule has 0 saturated carbocycles. The zero-order chi connectivity index (χ0) is 13.2. The first kappa shape index (κ1) is 12.6. The minimum absolute atomic E-state index is 0.367. The maximum Gasteiger partial charge on any atom is 0.238 e. The Labute approximate surface area is 121 Å². The van der Waals surface area contributed by atoms with E-state index < -0.39 is 0 Å². The summed E-state index contributed by atoms with van der Waals surface area (Å²) in [4.78, 5) is 4.11. The van der Waals surface area contributed by atoms with Crippen LogP contribution in [0.25, 0.3) is 0 Å². The largest absolute Gasteiger partial charge is 0.435 e. The number of para-hydroxylation sites is 1. The number of hydrogen-bond donors (Lipinski definition) is 1. The zero-order valence-electron chi connectivity index (χ0n) is 10.1. The van der Waals surface area contributed by atoms with E-state index in [1.807, 2.05) is 12.1 Å². The quantitative estimate of drug-likeness (QED) is 0.883. The average Bonchev–Trinajstić information content (AvgIpc) is 2.42. The first-order valence-electron chi connectivity index (χ1n) is 6.09. The molecule has 19 heavy (non-hydrogen) atoms. The molecule has 1 N–H and O–H groups in total. The van der Waals surface area contributed by atoms with E-state index in [-0.39, 0.29) is 0 Å². The molecule has 2 aromatic rings. The predicted octanol–water partition coefficient (Wildman–Crippen LogP) is 4.54. The maximum atomic E-state index is 6.07. The first-order chi connectivity index (χ1) is 9.24. The summed E-state index contributed by atoms with van der Waals surface area (Å²) in [6.07, 6.45) is 3.71. The molecule has 0 spiro atoms. The number of nitrogens with one attached hydrogen (secondary N) is 1. The fraction of sp³-hybridized carbons (Fsp3) is 0.214. The third kappa shape index (κ3) is 2.62. The summed E-state index contributed by atoms with van der Waals surface area (Å²) >= 11 is 11.9. The molecule has 0 saturated heterocycles. The standard InChI is InChI=1S/C14H12Cl2N2O/c15-10-7-11(16)14(18-8-10)19-12-5-1-3-9-4-2-6-17-13(9)12/h1,3,5,7-8,17H,2,4,6H2. The van der Waals surface area contributed by atoms with Gasteiger partial charge in [-0.25, -0.2) is 4.98 Å². The molecule has 0 unspecified atom stereocenters. The molecule has 0 amide bonds. The van der Waals surface area contributed by atoms with Gasteiger partial charge in [-0.05, 0) is 30.5 Å². The van der Waals surface area contributed by atoms with Gasteiger partial charge in [-0.1, -0.05) is 35.3 Å². The molecule has 0 radical (unpaired) electrons. The van der Waals surface area contributed by atoms with Crippen molar-refractivity contribution in [3.63, 3.8) is 0 Å². The van der Waals surface area contributed by atoms with Crippen LogP contribution >= 0.6 is 23.2 Å². The van der Waals surface area contributed by atoms with Crippen molar-refractivity contribution < 1.29 is 4.74 Å². The van der Waals surface area contributed by atoms with Crippen molar-refractivity contribution in [2.75, 3.05) is 11.9 Å². The number of anilines is 1. The smallest absolute Gasteiger partial charge is 0.238 e. The van der Waals surface area contributed by atoms with Crippen molar-refractivity contribution >= 4 is 28.9 Å². The van der Waals surface area contributed by atoms with E-state index in [1.165, 1.54) is 11.8 Å². The normalized spacial score (nSPS) is 13.6. The Balaban J connectivity index is 1.95. The minimum Gasteiger partial charge on any atom is -0.435 e. The Morgan fingerprint density at radius 3 is 3.00 bits per heavy atom. The van der Waals surface area contributed by atoms with Gasteiger partial charge in [0.15, 0.2) is 5.75 Å². The lowest BCUT2D eigenvalue weighted by atomic mass is 10.0. The van der Waals surface area contributed by atoms with Crippen LogP contribution in [0, 0.1) is 0 Å². The van der Waals surface area contributed by atoms with Crippen molar-refractivity contribution in [3.05, 3.63) is 46.1 Å². The first-order valence-corrected chi connectivity index (χ1v) is 6.84. The number of fused-ring (bicyclic) bond motifs is 1. The van der Waals surface area contributed by atoms with Crippen molar-refractivity contribution in [2.45, 2.75) is 12.8 Å². The second kappa shape index (κ2) is 5.27. The molecule has 1 aliphatic heterocycles. The molecule has 0 aliphatic carbocycles. The monoisotopic (exact) mass is 294 g/mol. The van der Waals surface area contributed by atoms with Gasteiger partial charge in [0.1, 0.15) is 5.02 Å². The van der Waals surface area contributed by atoms with Crippen LogP contribution in [0.4, 0.5) is 5.69 Å². The lowest BCUT2D eigenvalue weighted by molar-refractivity contribution is 0.463. The van der Waals surface area contributed by atoms with Gasteiger partial charge >= 0.3 is 0 Å². The second-order valence-electron chi connectivity index (χ2n) is 4.36. The molecular weight excluding hydrogens is 283 g/mol. The number of nitrogens with zero attached hydrogens (tertiary/aromatic N) is 1. The van der Waals surface area contributed by atoms with Crippen LogP contribution in [0.15, 0.2) is 30.5 Å². The molecule has 1 aromatic carbocycles. The molecular formula is C14H12Cl2N2O. The highest BCUT2D eigenvalue weighted by Gasteiger charge is 2.15. The lowest BCUT2D eigenvalue weighted by Gasteiger charge is -2.20. The summed E-state index contributed by atoms with van der Waals surface area (Å²) in [5.74, 6) is 1.11. The van der Waals surface area contributed by atoms with E-state index in [0.717, 1.165) is 30.8 Å². The molecule has 1 aromatic heterocycles. The summed E-state index contributed by atoms with van der Waals surface area (Å²) in [6, 6.07) is 7.61. The van der Waals surface area contributed by atoms with Gasteiger partial charge in [0.05, 0.1) is 10.7 Å². The van der Waals surface area contributed by atoms with E-state index in [9.17, 15) is 0 Å². The van der Waals surface area contributed by atoms with E-state index in [2.05, 4.69) is 16.4 Å². The summed E-state index contributed by atoms with van der Waals surface area (Å²) in [7, 11) is 0. The van der Waals surface area contributed by atoms with E-state index in [4.69, 9.17) is 27.9 Å². The Bertz CT molecular complexity index is 616. The highest BCUT2D eigenvalue weighted by Crippen LogP contribution is 2.36. The van der Waals surface area contributed by atoms with Crippen LogP contribution in [0.3, 0.4) is 0 Å². The van der Waals surface area contributed by atoms with Crippen molar-refractivity contribution in [3.8, 4) is 11.6 Å². The Morgan fingerprint density at radius 2 is 2.16 bits per heavy atom. The van der Waals surface area contributed by atoms with Crippen LogP contribution in [0.2, 0.25) is 10.0 Å². The van der Waals surface area contributed by atoms with E-state index in [0.29, 0.717) is 15.9 Å². The second-order valence-corrected chi connectivity index (χ2v) is 5.21. The Morgan fingerprint density at radius 1 is 1.26 bits per heavy atom. The maximum absolute atomic E-state index is 6.07. The number of aromatic nitrogens is 1. The highest BCUT2D eigenvalue weighted by atomic mass is 35.5. The zero-order valence-corrected chi connectivity index (χ0v) is 11.6. The number of hydrogen-bond acceptors (Lipinski definition) is 3. The highest BCUT2D eigenvalue weighted by molar-refractivity contribution is 6.35. The van der Waals surface area contributed by atoms with Gasteiger partial charge in [0.2, 0.25) is 5.88 Å². The van der Waals surface area contributed by atoms with E-state index in [1.54, 1.807) is 6.07 Å². The number of rotatable bonds is 2. The number of halogens is 2. The molecule has 3 nitrogen and oxygen atoms in total. The Kier molecular flexibility index (Phi) is 3.49. The lowest BCUT2D eigenvalue weighted by Crippen LogP contribution is -2.12. The minimum atomic E-state index is 0.367. The van der Waals surface area contributed by atoms with Gasteiger partial charge in [0.25, 0.3) is 0 Å². The molecule has 98 valence electrons. The SMILES string of the molecule is Clc1cnc(Oc2cccc3c2NCCC3)c(Cl)c1. The number of aryl methyl sites for hydroxylation is 1. The predicted molar refractivity (Wildman–Crippen MR) is 77.6 cm³/mol. The molecule has 0 bridgehead atoms. The van der Waals surface area contributed by atoms with Gasteiger partial charge in [-0.2, -0.15) is 0 Å². The van der Waals surface area contributed by atoms with Crippen LogP contribution in [-0.4, -0.2) is 11.5 Å². The summed E-state index contributed by atoms with van der Waals surface area (Å²) in [5.41, 5.74) is 2.29. The molecule has 3 rings (SSSR count). The summed E-state index contributed by atoms with van der Waals surface area (Å²) < 4.78 is 5.80. The number of benzene rings is 1. The van der Waals surface area contributed by atoms with Gasteiger partial charge in [0, 0.05) is 12.7 Å². The van der Waals surface area contributed by atoms with Crippen LogP contribution in [0.1, 0.15) is 12.0 Å². The fourth-order valence-corrected chi connectivity index (χ4v) is 2.56. The van der Waals surface area contributed by atoms with Gasteiger partial charge in [-0.15, -0.1) is 0 Å². The molecule has 0 fully saturated rings. The van der Waals surface area contributed by atoms with Crippen molar-refractivity contribution in [1.82, 2.24) is 4.98 Å². The van der Waals surface area contributed by atoms with Gasteiger partial charge < -0.3 is 10.1 Å². The molecule has 5 heteroatoms. The van der Waals surface area contributed by atoms with Crippen LogP contribution in [-0.2, 0) is 6.42 Å². The van der Waals surface area contributed by atoms with Gasteiger partial charge in [-0.3, -0.25) is 0 Å². The summed E-state index contributed by atoms with van der Waals surface area (Å²) in [6.45, 7) is 0.954. The molecule has 1 aliphatic rings. The van der Waals surface area contributed by atoms with Crippen molar-refractivity contribution in [1.29, 1.82) is 0 Å². The number of ether oxygens (including phenoxy) is 1. The summed E-state index contributed by atoms with van der Waals surface area (Å²) in [5, 5.41) is 4.26. The average molecular weight is 295 g/mol. The Hall–Kier alpha value is -1.45. The third-order valence-corrected chi connectivity index (χ3v) is 3.50. The van der Waals surface area contributed by atoms with Crippen LogP contribution in [0.5, 0.6) is 11.6 Å².